The minimum Gasteiger partial charge on any atom is -0.376 e. The number of hydrogen-bond acceptors (Lipinski definition) is 5. The molecule has 0 aromatic carbocycles. The van der Waals surface area contributed by atoms with Gasteiger partial charge in [0, 0.05) is 32.4 Å². The lowest BCUT2D eigenvalue weighted by atomic mass is 10.1. The molecule has 18 heavy (non-hydrogen) atoms. The molecule has 2 N–H and O–H groups in total. The number of hydrogen-bond donors (Lipinski definition) is 1. The zero-order chi connectivity index (χ0) is 12.8. The molecule has 0 amide bonds. The second kappa shape index (κ2) is 6.66. The van der Waals surface area contributed by atoms with Crippen LogP contribution in [-0.2, 0) is 11.3 Å². The zero-order valence-corrected chi connectivity index (χ0v) is 11.0. The molecule has 0 aliphatic carbocycles. The molecule has 1 aromatic rings. The highest BCUT2D eigenvalue weighted by atomic mass is 16.5. The average molecular weight is 250 g/mol. The van der Waals surface area contributed by atoms with Crippen molar-refractivity contribution in [3.63, 3.8) is 0 Å². The predicted molar refractivity (Wildman–Crippen MR) is 71.4 cm³/mol. The van der Waals surface area contributed by atoms with Gasteiger partial charge in [0.1, 0.15) is 0 Å². The van der Waals surface area contributed by atoms with Gasteiger partial charge in [0.05, 0.1) is 11.8 Å². The van der Waals surface area contributed by atoms with Crippen molar-refractivity contribution in [2.45, 2.75) is 38.8 Å². The maximum atomic E-state index is 5.82. The molecule has 100 valence electrons. The van der Waals surface area contributed by atoms with E-state index in [0.29, 0.717) is 12.6 Å². The monoisotopic (exact) mass is 250 g/mol. The smallest absolute Gasteiger partial charge is 0.225 e. The van der Waals surface area contributed by atoms with Gasteiger partial charge in [0.25, 0.3) is 0 Å². The third-order valence-electron chi connectivity index (χ3n) is 3.13. The Morgan fingerprint density at radius 3 is 3.22 bits per heavy atom. The van der Waals surface area contributed by atoms with Gasteiger partial charge in [0.15, 0.2) is 0 Å². The zero-order valence-electron chi connectivity index (χ0n) is 11.0. The standard InChI is InChI=1S/C13H22N4O/c1-2-8-18-12-4-3-7-17(10-12)13-15-6-5-11(9-14)16-13/h5-6,12H,2-4,7-10,14H2,1H3. The fourth-order valence-electron chi connectivity index (χ4n) is 2.19. The molecule has 0 saturated carbocycles. The van der Waals surface area contributed by atoms with Gasteiger partial charge in [-0.25, -0.2) is 9.97 Å². The number of rotatable bonds is 5. The molecular formula is C13H22N4O. The quantitative estimate of drug-likeness (QED) is 0.854. The van der Waals surface area contributed by atoms with Crippen molar-refractivity contribution >= 4 is 5.95 Å². The highest BCUT2D eigenvalue weighted by molar-refractivity contribution is 5.31. The lowest BCUT2D eigenvalue weighted by Crippen LogP contribution is -2.40. The van der Waals surface area contributed by atoms with Crippen LogP contribution in [0.5, 0.6) is 0 Å². The van der Waals surface area contributed by atoms with Gasteiger partial charge in [-0.3, -0.25) is 0 Å². The van der Waals surface area contributed by atoms with E-state index in [1.165, 1.54) is 0 Å². The number of aromatic nitrogens is 2. The molecule has 0 spiro atoms. The van der Waals surface area contributed by atoms with Crippen molar-refractivity contribution in [2.75, 3.05) is 24.6 Å². The topological polar surface area (TPSA) is 64.3 Å². The van der Waals surface area contributed by atoms with Crippen LogP contribution < -0.4 is 10.6 Å². The van der Waals surface area contributed by atoms with Crippen LogP contribution in [0.25, 0.3) is 0 Å². The summed E-state index contributed by atoms with van der Waals surface area (Å²) in [6, 6.07) is 1.86. The Morgan fingerprint density at radius 2 is 2.44 bits per heavy atom. The number of anilines is 1. The van der Waals surface area contributed by atoms with E-state index in [4.69, 9.17) is 10.5 Å². The van der Waals surface area contributed by atoms with Crippen molar-refractivity contribution in [1.29, 1.82) is 0 Å². The summed E-state index contributed by atoms with van der Waals surface area (Å²) in [6.07, 6.45) is 5.41. The lowest BCUT2D eigenvalue weighted by Gasteiger charge is -2.32. The molecule has 0 bridgehead atoms. The first-order valence-corrected chi connectivity index (χ1v) is 6.72. The second-order valence-electron chi connectivity index (χ2n) is 4.63. The highest BCUT2D eigenvalue weighted by Crippen LogP contribution is 2.18. The molecular weight excluding hydrogens is 228 g/mol. The van der Waals surface area contributed by atoms with Crippen molar-refractivity contribution in [2.24, 2.45) is 5.73 Å². The molecule has 1 fully saturated rings. The molecule has 5 heteroatoms. The fourth-order valence-corrected chi connectivity index (χ4v) is 2.19. The van der Waals surface area contributed by atoms with E-state index in [9.17, 15) is 0 Å². The van der Waals surface area contributed by atoms with Gasteiger partial charge in [-0.15, -0.1) is 0 Å². The summed E-state index contributed by atoms with van der Waals surface area (Å²) < 4.78 is 5.82. The van der Waals surface area contributed by atoms with Gasteiger partial charge < -0.3 is 15.4 Å². The van der Waals surface area contributed by atoms with Crippen molar-refractivity contribution in [1.82, 2.24) is 9.97 Å². The van der Waals surface area contributed by atoms with E-state index < -0.39 is 0 Å². The van der Waals surface area contributed by atoms with Crippen molar-refractivity contribution < 1.29 is 4.74 Å². The van der Waals surface area contributed by atoms with Crippen molar-refractivity contribution in [3.05, 3.63) is 18.0 Å². The van der Waals surface area contributed by atoms with Crippen LogP contribution in [0.2, 0.25) is 0 Å². The van der Waals surface area contributed by atoms with E-state index in [0.717, 1.165) is 50.6 Å². The highest BCUT2D eigenvalue weighted by Gasteiger charge is 2.22. The summed E-state index contributed by atoms with van der Waals surface area (Å²) in [5.74, 6) is 0.780. The van der Waals surface area contributed by atoms with Gasteiger partial charge in [0.2, 0.25) is 5.95 Å². The minimum atomic E-state index is 0.309. The Bertz CT molecular complexity index is 372. The number of nitrogens with two attached hydrogens (primary N) is 1. The first-order chi connectivity index (χ1) is 8.83. The number of ether oxygens (including phenoxy) is 1. The predicted octanol–water partition coefficient (Wildman–Crippen LogP) is 1.33. The SMILES string of the molecule is CCCOC1CCCN(c2nccc(CN)n2)C1. The minimum absolute atomic E-state index is 0.309. The van der Waals surface area contributed by atoms with Gasteiger partial charge in [-0.2, -0.15) is 0 Å². The molecule has 2 heterocycles. The van der Waals surface area contributed by atoms with E-state index in [1.807, 2.05) is 6.07 Å². The molecule has 1 aliphatic heterocycles. The Morgan fingerprint density at radius 1 is 1.56 bits per heavy atom. The van der Waals surface area contributed by atoms with E-state index in [2.05, 4.69) is 21.8 Å². The second-order valence-corrected chi connectivity index (χ2v) is 4.63. The van der Waals surface area contributed by atoms with Gasteiger partial charge in [-0.05, 0) is 25.3 Å². The van der Waals surface area contributed by atoms with Crippen LogP contribution in [0.15, 0.2) is 12.3 Å². The van der Waals surface area contributed by atoms with Crippen LogP contribution in [0, 0.1) is 0 Å². The third-order valence-corrected chi connectivity index (χ3v) is 3.13. The molecule has 1 aromatic heterocycles. The molecule has 5 nitrogen and oxygen atoms in total. The Labute approximate surface area is 108 Å². The molecule has 1 saturated heterocycles. The summed E-state index contributed by atoms with van der Waals surface area (Å²) in [5, 5.41) is 0. The van der Waals surface area contributed by atoms with E-state index in [1.54, 1.807) is 6.20 Å². The summed E-state index contributed by atoms with van der Waals surface area (Å²) in [6.45, 7) is 5.31. The summed E-state index contributed by atoms with van der Waals surface area (Å²) in [4.78, 5) is 11.0. The first kappa shape index (κ1) is 13.2. The van der Waals surface area contributed by atoms with Gasteiger partial charge >= 0.3 is 0 Å². The van der Waals surface area contributed by atoms with Crippen LogP contribution in [0.1, 0.15) is 31.9 Å². The lowest BCUT2D eigenvalue weighted by molar-refractivity contribution is 0.0437. The third kappa shape index (κ3) is 3.40. The first-order valence-electron chi connectivity index (χ1n) is 6.72. The average Bonchev–Trinajstić information content (AvgIpc) is 2.45. The Hall–Kier alpha value is -1.20. The molecule has 0 radical (unpaired) electrons. The normalized spacial score (nSPS) is 20.1. The maximum Gasteiger partial charge on any atom is 0.225 e. The van der Waals surface area contributed by atoms with Crippen LogP contribution in [0.3, 0.4) is 0 Å². The van der Waals surface area contributed by atoms with Gasteiger partial charge in [-0.1, -0.05) is 6.92 Å². The summed E-state index contributed by atoms with van der Waals surface area (Å²) >= 11 is 0. The van der Waals surface area contributed by atoms with E-state index in [-0.39, 0.29) is 0 Å². The molecule has 1 atom stereocenters. The maximum absolute atomic E-state index is 5.82. The Kier molecular flexibility index (Phi) is 4.90. The molecule has 1 unspecified atom stereocenters. The molecule has 2 rings (SSSR count). The molecule has 1 aliphatic rings. The van der Waals surface area contributed by atoms with Crippen LogP contribution >= 0.6 is 0 Å². The largest absolute Gasteiger partial charge is 0.376 e. The summed E-state index contributed by atoms with van der Waals surface area (Å²) in [7, 11) is 0. The van der Waals surface area contributed by atoms with Crippen LogP contribution in [-0.4, -0.2) is 35.8 Å². The fraction of sp³-hybridized carbons (Fsp3) is 0.692. The Balaban J connectivity index is 1.98. The number of piperidine rings is 1. The van der Waals surface area contributed by atoms with Crippen LogP contribution in [0.4, 0.5) is 5.95 Å². The van der Waals surface area contributed by atoms with Crippen molar-refractivity contribution in [3.8, 4) is 0 Å². The van der Waals surface area contributed by atoms with E-state index >= 15 is 0 Å². The number of nitrogens with zero attached hydrogens (tertiary/aromatic N) is 3. The summed E-state index contributed by atoms with van der Waals surface area (Å²) in [5.41, 5.74) is 6.49.